The van der Waals surface area contributed by atoms with Gasteiger partial charge in [0.2, 0.25) is 0 Å². The normalized spacial score (nSPS) is 13.2. The van der Waals surface area contributed by atoms with Crippen LogP contribution >= 0.6 is 0 Å². The molecule has 0 saturated heterocycles. The molecule has 1 aliphatic rings. The number of anilines is 2. The molecule has 1 amide bonds. The highest BCUT2D eigenvalue weighted by atomic mass is 16.5. The van der Waals surface area contributed by atoms with E-state index in [0.29, 0.717) is 28.9 Å². The number of ketones is 1. The van der Waals surface area contributed by atoms with Crippen LogP contribution in [0.3, 0.4) is 0 Å². The molecule has 7 nitrogen and oxygen atoms in total. The van der Waals surface area contributed by atoms with Crippen LogP contribution in [0.15, 0.2) is 78.3 Å². The molecule has 0 atom stereocenters. The van der Waals surface area contributed by atoms with Crippen molar-refractivity contribution < 1.29 is 14.3 Å². The zero-order chi connectivity index (χ0) is 26.7. The Labute approximate surface area is 218 Å². The maximum Gasteiger partial charge on any atom is 0.296 e. The first-order chi connectivity index (χ1) is 17.6. The fourth-order valence-electron chi connectivity index (χ4n) is 4.23. The molecule has 0 bridgehead atoms. The highest BCUT2D eigenvalue weighted by molar-refractivity contribution is 6.48. The number of dihydropyridines is 1. The summed E-state index contributed by atoms with van der Waals surface area (Å²) >= 11 is 0. The van der Waals surface area contributed by atoms with Gasteiger partial charge in [0.05, 0.1) is 12.8 Å². The molecule has 3 N–H and O–H groups in total. The predicted molar refractivity (Wildman–Crippen MR) is 150 cm³/mol. The number of carbonyl (C=O) groups excluding carboxylic acids is 2. The summed E-state index contributed by atoms with van der Waals surface area (Å²) in [5.41, 5.74) is 3.52. The van der Waals surface area contributed by atoms with E-state index in [2.05, 4.69) is 42.8 Å². The first kappa shape index (κ1) is 25.8. The monoisotopic (exact) mass is 498 g/mol. The average Bonchev–Trinajstić information content (AvgIpc) is 2.88. The SMILES string of the molecule is COc1ccc(C(C)(C)C)cc1NC(=O)C(=O)c1ccc(NC2=CCNC(N(C)C)=C2)c2ccccc12. The number of benzene rings is 3. The van der Waals surface area contributed by atoms with Crippen LogP contribution in [0.4, 0.5) is 11.4 Å². The van der Waals surface area contributed by atoms with Crippen molar-refractivity contribution in [3.8, 4) is 5.75 Å². The van der Waals surface area contributed by atoms with Gasteiger partial charge in [-0.3, -0.25) is 9.59 Å². The molecule has 0 saturated carbocycles. The number of hydrogen-bond donors (Lipinski definition) is 3. The van der Waals surface area contributed by atoms with Crippen LogP contribution in [-0.2, 0) is 10.2 Å². The summed E-state index contributed by atoms with van der Waals surface area (Å²) in [6.45, 7) is 6.97. The molecule has 0 unspecified atom stereocenters. The number of amides is 1. The molecule has 7 heteroatoms. The highest BCUT2D eigenvalue weighted by Crippen LogP contribution is 2.32. The van der Waals surface area contributed by atoms with Crippen molar-refractivity contribution in [1.29, 1.82) is 0 Å². The topological polar surface area (TPSA) is 82.7 Å². The van der Waals surface area contributed by atoms with Crippen molar-refractivity contribution in [1.82, 2.24) is 10.2 Å². The Morgan fingerprint density at radius 2 is 1.70 bits per heavy atom. The van der Waals surface area contributed by atoms with E-state index in [1.54, 1.807) is 6.07 Å². The quantitative estimate of drug-likeness (QED) is 0.304. The lowest BCUT2D eigenvalue weighted by molar-refractivity contribution is -0.112. The molecule has 1 aliphatic heterocycles. The summed E-state index contributed by atoms with van der Waals surface area (Å²) in [6, 6.07) is 16.8. The lowest BCUT2D eigenvalue weighted by Crippen LogP contribution is -2.29. The number of nitrogens with one attached hydrogen (secondary N) is 3. The van der Waals surface area contributed by atoms with Crippen LogP contribution in [0.2, 0.25) is 0 Å². The molecule has 192 valence electrons. The number of nitrogens with zero attached hydrogens (tertiary/aromatic N) is 1. The Morgan fingerprint density at radius 1 is 0.973 bits per heavy atom. The Kier molecular flexibility index (Phi) is 7.25. The van der Waals surface area contributed by atoms with Gasteiger partial charge in [-0.05, 0) is 46.7 Å². The molecule has 4 rings (SSSR count). The number of Topliss-reactive ketones (excluding diaryl/α,β-unsaturated/α-hetero) is 1. The summed E-state index contributed by atoms with van der Waals surface area (Å²) in [4.78, 5) is 28.5. The van der Waals surface area contributed by atoms with E-state index in [0.717, 1.165) is 28.2 Å². The van der Waals surface area contributed by atoms with E-state index in [9.17, 15) is 9.59 Å². The number of ether oxygens (including phenoxy) is 1. The fraction of sp³-hybridized carbons (Fsp3) is 0.267. The fourth-order valence-corrected chi connectivity index (χ4v) is 4.23. The van der Waals surface area contributed by atoms with Crippen molar-refractivity contribution in [3.05, 3.63) is 89.4 Å². The maximum atomic E-state index is 13.4. The zero-order valence-corrected chi connectivity index (χ0v) is 22.2. The summed E-state index contributed by atoms with van der Waals surface area (Å²) in [5, 5.41) is 11.1. The van der Waals surface area contributed by atoms with Crippen LogP contribution in [0.5, 0.6) is 5.75 Å². The molecule has 0 fully saturated rings. The number of allylic oxidation sites excluding steroid dienone is 1. The van der Waals surface area contributed by atoms with Gasteiger partial charge in [0, 0.05) is 49.1 Å². The second kappa shape index (κ2) is 10.4. The Hall–Kier alpha value is -4.26. The van der Waals surface area contributed by atoms with Crippen molar-refractivity contribution in [3.63, 3.8) is 0 Å². The molecule has 0 spiro atoms. The van der Waals surface area contributed by atoms with Crippen LogP contribution < -0.4 is 20.7 Å². The number of rotatable bonds is 7. The molecule has 1 heterocycles. The van der Waals surface area contributed by atoms with Gasteiger partial charge in [-0.25, -0.2) is 0 Å². The van der Waals surface area contributed by atoms with Gasteiger partial charge in [-0.2, -0.15) is 0 Å². The van der Waals surface area contributed by atoms with E-state index < -0.39 is 11.7 Å². The van der Waals surface area contributed by atoms with Gasteiger partial charge in [-0.15, -0.1) is 0 Å². The molecule has 37 heavy (non-hydrogen) atoms. The molecule has 3 aromatic carbocycles. The highest BCUT2D eigenvalue weighted by Gasteiger charge is 2.23. The van der Waals surface area contributed by atoms with Gasteiger partial charge in [0.25, 0.3) is 11.7 Å². The molecular weight excluding hydrogens is 464 g/mol. The number of hydrogen-bond acceptors (Lipinski definition) is 6. The van der Waals surface area contributed by atoms with Crippen LogP contribution in [-0.4, -0.2) is 44.3 Å². The van der Waals surface area contributed by atoms with E-state index in [1.807, 2.05) is 73.6 Å². The molecule has 0 aromatic heterocycles. The van der Waals surface area contributed by atoms with Gasteiger partial charge < -0.3 is 25.6 Å². The second-order valence-corrected chi connectivity index (χ2v) is 10.2. The van der Waals surface area contributed by atoms with E-state index in [1.165, 1.54) is 7.11 Å². The van der Waals surface area contributed by atoms with E-state index in [-0.39, 0.29) is 5.41 Å². The smallest absolute Gasteiger partial charge is 0.296 e. The van der Waals surface area contributed by atoms with Crippen LogP contribution in [0.1, 0.15) is 36.7 Å². The standard InChI is InChI=1S/C30H34N4O3/c1-30(2,3)19-11-14-26(37-6)25(17-19)33-29(36)28(35)23-12-13-24(22-10-8-7-9-21(22)23)32-20-15-16-31-27(18-20)34(4)5/h7-15,17-18,31-32H,16H2,1-6H3,(H,33,36). The number of carbonyl (C=O) groups is 2. The lowest BCUT2D eigenvalue weighted by Gasteiger charge is -2.23. The Bertz CT molecular complexity index is 1410. The maximum absolute atomic E-state index is 13.4. The zero-order valence-electron chi connectivity index (χ0n) is 22.2. The first-order valence-electron chi connectivity index (χ1n) is 12.2. The molecule has 0 aliphatic carbocycles. The summed E-state index contributed by atoms with van der Waals surface area (Å²) in [6.07, 6.45) is 4.09. The predicted octanol–water partition coefficient (Wildman–Crippen LogP) is 5.27. The van der Waals surface area contributed by atoms with Crippen molar-refractivity contribution in [2.75, 3.05) is 38.4 Å². The summed E-state index contributed by atoms with van der Waals surface area (Å²) in [5.74, 6) is 0.180. The minimum absolute atomic E-state index is 0.124. The Morgan fingerprint density at radius 3 is 2.38 bits per heavy atom. The van der Waals surface area contributed by atoms with Crippen molar-refractivity contribution >= 4 is 33.8 Å². The van der Waals surface area contributed by atoms with Crippen LogP contribution in [0, 0.1) is 0 Å². The largest absolute Gasteiger partial charge is 0.495 e. The van der Waals surface area contributed by atoms with Crippen molar-refractivity contribution in [2.45, 2.75) is 26.2 Å². The van der Waals surface area contributed by atoms with E-state index in [4.69, 9.17) is 4.74 Å². The minimum Gasteiger partial charge on any atom is -0.495 e. The molecular formula is C30H34N4O3. The van der Waals surface area contributed by atoms with Gasteiger partial charge in [-0.1, -0.05) is 51.1 Å². The molecule has 0 radical (unpaired) electrons. The number of methoxy groups -OCH3 is 1. The van der Waals surface area contributed by atoms with Crippen molar-refractivity contribution in [2.24, 2.45) is 0 Å². The van der Waals surface area contributed by atoms with E-state index >= 15 is 0 Å². The average molecular weight is 499 g/mol. The van der Waals surface area contributed by atoms with Gasteiger partial charge in [0.1, 0.15) is 11.6 Å². The molecule has 3 aromatic rings. The minimum atomic E-state index is -0.713. The third kappa shape index (κ3) is 5.61. The van der Waals surface area contributed by atoms with Gasteiger partial charge in [0.15, 0.2) is 0 Å². The Balaban J connectivity index is 1.64. The third-order valence-corrected chi connectivity index (χ3v) is 6.35. The summed E-state index contributed by atoms with van der Waals surface area (Å²) < 4.78 is 5.43. The first-order valence-corrected chi connectivity index (χ1v) is 12.2. The number of fused-ring (bicyclic) bond motifs is 1. The third-order valence-electron chi connectivity index (χ3n) is 6.35. The summed E-state index contributed by atoms with van der Waals surface area (Å²) in [7, 11) is 5.51. The van der Waals surface area contributed by atoms with Gasteiger partial charge >= 0.3 is 0 Å². The van der Waals surface area contributed by atoms with Crippen LogP contribution in [0.25, 0.3) is 10.8 Å². The second-order valence-electron chi connectivity index (χ2n) is 10.2. The lowest BCUT2D eigenvalue weighted by atomic mass is 9.87.